The summed E-state index contributed by atoms with van der Waals surface area (Å²) in [5.74, 6) is 0. The predicted octanol–water partition coefficient (Wildman–Crippen LogP) is 1.79. The summed E-state index contributed by atoms with van der Waals surface area (Å²) in [7, 11) is 1.95. The van der Waals surface area contributed by atoms with Crippen LogP contribution in [0, 0.1) is 0 Å². The molecule has 0 saturated carbocycles. The predicted molar refractivity (Wildman–Crippen MR) is 46.3 cm³/mol. The fourth-order valence-corrected chi connectivity index (χ4v) is 1.62. The molecule has 1 heterocycles. The maximum Gasteiger partial charge on any atom is 0.121 e. The zero-order valence-electron chi connectivity index (χ0n) is 5.36. The van der Waals surface area contributed by atoms with Gasteiger partial charge in [-0.1, -0.05) is 15.9 Å². The molecule has 1 atom stereocenters. The first-order valence-electron chi connectivity index (χ1n) is 2.67. The second-order valence-electron chi connectivity index (χ2n) is 2.40. The van der Waals surface area contributed by atoms with Gasteiger partial charge >= 0.3 is 0 Å². The van der Waals surface area contributed by atoms with Crippen molar-refractivity contribution in [2.75, 3.05) is 13.6 Å². The van der Waals surface area contributed by atoms with Crippen molar-refractivity contribution in [1.82, 2.24) is 5.01 Å². The number of hydrogen-bond donors (Lipinski definition) is 0. The average molecular weight is 256 g/mol. The second kappa shape index (κ2) is 2.23. The first-order chi connectivity index (χ1) is 4.02. The van der Waals surface area contributed by atoms with Crippen LogP contribution in [-0.2, 0) is 0 Å². The van der Waals surface area contributed by atoms with Crippen LogP contribution in [0.2, 0.25) is 0 Å². The van der Waals surface area contributed by atoms with Gasteiger partial charge in [0, 0.05) is 7.05 Å². The van der Waals surface area contributed by atoms with E-state index in [1.807, 2.05) is 12.1 Å². The fourth-order valence-electron chi connectivity index (χ4n) is 0.784. The number of hydrogen-bond acceptors (Lipinski definition) is 2. The van der Waals surface area contributed by atoms with Crippen LogP contribution < -0.4 is 0 Å². The van der Waals surface area contributed by atoms with Crippen molar-refractivity contribution in [2.45, 2.75) is 11.2 Å². The normalized spacial score (nSPS) is 35.1. The minimum atomic E-state index is 0.0295. The molecule has 0 bridgehead atoms. The molecule has 0 amide bonds. The fraction of sp³-hybridized carbons (Fsp3) is 0.800. The Balaban J connectivity index is 2.76. The van der Waals surface area contributed by atoms with Crippen LogP contribution in [-0.4, -0.2) is 27.5 Å². The van der Waals surface area contributed by atoms with E-state index in [0.29, 0.717) is 0 Å². The molecule has 0 aliphatic carbocycles. The molecule has 0 aromatic rings. The molecule has 0 saturated heterocycles. The van der Waals surface area contributed by atoms with Gasteiger partial charge in [-0.15, -0.1) is 0 Å². The first kappa shape index (κ1) is 7.54. The molecule has 0 radical (unpaired) electrons. The van der Waals surface area contributed by atoms with Crippen molar-refractivity contribution in [3.8, 4) is 0 Å². The first-order valence-corrected chi connectivity index (χ1v) is 4.25. The summed E-state index contributed by atoms with van der Waals surface area (Å²) in [5.41, 5.74) is 0. The summed E-state index contributed by atoms with van der Waals surface area (Å²) in [6, 6.07) is 0. The van der Waals surface area contributed by atoms with Gasteiger partial charge in [0.05, 0.1) is 10.9 Å². The lowest BCUT2D eigenvalue weighted by Gasteiger charge is -2.13. The van der Waals surface area contributed by atoms with Gasteiger partial charge in [0.15, 0.2) is 0 Å². The highest BCUT2D eigenvalue weighted by Crippen LogP contribution is 2.28. The Bertz CT molecular complexity index is 153. The van der Waals surface area contributed by atoms with Crippen LogP contribution in [0.3, 0.4) is 0 Å². The van der Waals surface area contributed by atoms with Crippen LogP contribution in [0.4, 0.5) is 0 Å². The molecule has 1 aliphatic heterocycles. The Kier molecular flexibility index (Phi) is 1.87. The molecule has 0 spiro atoms. The molecule has 0 N–H and O–H groups in total. The van der Waals surface area contributed by atoms with Gasteiger partial charge in [0.2, 0.25) is 0 Å². The van der Waals surface area contributed by atoms with Crippen molar-refractivity contribution in [3.05, 3.63) is 0 Å². The molecule has 0 aromatic heterocycles. The highest BCUT2D eigenvalue weighted by atomic mass is 79.9. The molecule has 4 heteroatoms. The van der Waals surface area contributed by atoms with Crippen LogP contribution in [0.25, 0.3) is 0 Å². The van der Waals surface area contributed by atoms with Gasteiger partial charge in [-0.25, -0.2) is 0 Å². The van der Waals surface area contributed by atoms with E-state index in [0.717, 1.165) is 11.2 Å². The molecule has 2 nitrogen and oxygen atoms in total. The third-order valence-corrected chi connectivity index (χ3v) is 3.41. The summed E-state index contributed by atoms with van der Waals surface area (Å²) in [5, 5.41) is 6.06. The number of nitrogens with zero attached hydrogens (tertiary/aromatic N) is 2. The third kappa shape index (κ3) is 1.46. The van der Waals surface area contributed by atoms with E-state index < -0.39 is 0 Å². The van der Waals surface area contributed by atoms with Gasteiger partial charge in [-0.3, -0.25) is 5.01 Å². The van der Waals surface area contributed by atoms with E-state index in [1.54, 1.807) is 0 Å². The van der Waals surface area contributed by atoms with E-state index in [9.17, 15) is 0 Å². The standard InChI is InChI=1S/C5H8Br2N2/c1-5(7)3-9(2)8-4(5)6/h3H2,1-2H3. The monoisotopic (exact) mass is 254 g/mol. The molecule has 0 aromatic carbocycles. The SMILES string of the molecule is CN1CC(C)(Br)C(Br)=N1. The zero-order chi connectivity index (χ0) is 7.07. The number of halogens is 2. The Morgan fingerprint density at radius 3 is 2.44 bits per heavy atom. The Morgan fingerprint density at radius 1 is 1.78 bits per heavy atom. The van der Waals surface area contributed by atoms with Gasteiger partial charge in [-0.2, -0.15) is 5.10 Å². The van der Waals surface area contributed by atoms with Crippen LogP contribution in [0.5, 0.6) is 0 Å². The van der Waals surface area contributed by atoms with Crippen molar-refractivity contribution in [2.24, 2.45) is 5.10 Å². The lowest BCUT2D eigenvalue weighted by molar-refractivity contribution is 0.378. The number of hydrazone groups is 1. The smallest absolute Gasteiger partial charge is 0.121 e. The van der Waals surface area contributed by atoms with Crippen molar-refractivity contribution < 1.29 is 0 Å². The molecular formula is C5H8Br2N2. The molecule has 1 rings (SSSR count). The lowest BCUT2D eigenvalue weighted by atomic mass is 10.2. The largest absolute Gasteiger partial charge is 0.297 e. The van der Waals surface area contributed by atoms with Crippen molar-refractivity contribution in [3.63, 3.8) is 0 Å². The van der Waals surface area contributed by atoms with Crippen LogP contribution in [0.1, 0.15) is 6.92 Å². The third-order valence-electron chi connectivity index (χ3n) is 1.21. The van der Waals surface area contributed by atoms with Crippen molar-refractivity contribution in [1.29, 1.82) is 0 Å². The van der Waals surface area contributed by atoms with E-state index in [-0.39, 0.29) is 4.32 Å². The Labute approximate surface area is 71.6 Å². The topological polar surface area (TPSA) is 15.6 Å². The van der Waals surface area contributed by atoms with Crippen LogP contribution >= 0.6 is 31.9 Å². The summed E-state index contributed by atoms with van der Waals surface area (Å²) < 4.78 is 0.999. The quantitative estimate of drug-likeness (QED) is 0.603. The minimum Gasteiger partial charge on any atom is -0.297 e. The lowest BCUT2D eigenvalue weighted by Crippen LogP contribution is -2.27. The summed E-state index contributed by atoms with van der Waals surface area (Å²) in [4.78, 5) is 0. The average Bonchev–Trinajstić information content (AvgIpc) is 1.79. The van der Waals surface area contributed by atoms with E-state index in [1.165, 1.54) is 0 Å². The molecule has 9 heavy (non-hydrogen) atoms. The van der Waals surface area contributed by atoms with Crippen LogP contribution in [0.15, 0.2) is 5.10 Å². The Hall–Kier alpha value is 0.430. The van der Waals surface area contributed by atoms with E-state index in [4.69, 9.17) is 0 Å². The molecule has 52 valence electrons. The van der Waals surface area contributed by atoms with Gasteiger partial charge in [0.1, 0.15) is 4.62 Å². The zero-order valence-corrected chi connectivity index (χ0v) is 8.53. The van der Waals surface area contributed by atoms with Gasteiger partial charge in [-0.05, 0) is 22.9 Å². The van der Waals surface area contributed by atoms with E-state index in [2.05, 4.69) is 43.9 Å². The minimum absolute atomic E-state index is 0.0295. The highest BCUT2D eigenvalue weighted by molar-refractivity contribution is 9.20. The van der Waals surface area contributed by atoms with Crippen molar-refractivity contribution >= 4 is 36.5 Å². The molecular weight excluding hydrogens is 248 g/mol. The summed E-state index contributed by atoms with van der Waals surface area (Å²) in [6.07, 6.45) is 0. The maximum absolute atomic E-state index is 4.16. The maximum atomic E-state index is 4.16. The summed E-state index contributed by atoms with van der Waals surface area (Å²) >= 11 is 6.89. The molecule has 1 aliphatic rings. The molecule has 0 fully saturated rings. The van der Waals surface area contributed by atoms with E-state index >= 15 is 0 Å². The Morgan fingerprint density at radius 2 is 2.33 bits per heavy atom. The van der Waals surface area contributed by atoms with Gasteiger partial charge in [0.25, 0.3) is 0 Å². The second-order valence-corrected chi connectivity index (χ2v) is 4.91. The number of alkyl halides is 1. The van der Waals surface area contributed by atoms with Gasteiger partial charge < -0.3 is 0 Å². The number of rotatable bonds is 0. The molecule has 1 unspecified atom stereocenters. The summed E-state index contributed by atoms with van der Waals surface area (Å²) in [6.45, 7) is 3.01. The highest BCUT2D eigenvalue weighted by Gasteiger charge is 2.32.